The largest absolute Gasteiger partial charge is 0.573 e. The highest BCUT2D eigenvalue weighted by atomic mass is 35.5. The topological polar surface area (TPSA) is 115 Å². The van der Waals surface area contributed by atoms with E-state index in [0.29, 0.717) is 16.1 Å². The number of anilines is 1. The summed E-state index contributed by atoms with van der Waals surface area (Å²) in [6.45, 7) is 0. The fourth-order valence-electron chi connectivity index (χ4n) is 3.08. The van der Waals surface area contributed by atoms with Crippen LogP contribution in [-0.4, -0.2) is 36.7 Å². The molecule has 0 saturated heterocycles. The average Bonchev–Trinajstić information content (AvgIpc) is 2.97. The zero-order chi connectivity index (χ0) is 22.8. The minimum Gasteiger partial charge on any atom is -0.467 e. The number of nitrogens with zero attached hydrogens (tertiary/aromatic N) is 1. The molecule has 0 saturated carbocycles. The third kappa shape index (κ3) is 5.06. The van der Waals surface area contributed by atoms with Gasteiger partial charge in [0.05, 0.1) is 7.11 Å². The number of hydrogen-bond acceptors (Lipinski definition) is 6. The highest BCUT2D eigenvalue weighted by Gasteiger charge is 2.48. The number of carbonyl (C=O) groups excluding carboxylic acids is 2. The highest BCUT2D eigenvalue weighted by molar-refractivity contribution is 6.31. The van der Waals surface area contributed by atoms with E-state index in [2.05, 4.69) is 20.6 Å². The lowest BCUT2D eigenvalue weighted by Gasteiger charge is -2.21. The smallest absolute Gasteiger partial charge is 0.467 e. The maximum Gasteiger partial charge on any atom is 0.573 e. The minimum absolute atomic E-state index is 0.0678. The monoisotopic (exact) mass is 456 g/mol. The predicted octanol–water partition coefficient (Wildman–Crippen LogP) is 3.19. The van der Waals surface area contributed by atoms with Crippen molar-refractivity contribution in [2.45, 2.75) is 18.3 Å². The summed E-state index contributed by atoms with van der Waals surface area (Å²) in [4.78, 5) is 24.5. The van der Waals surface area contributed by atoms with Gasteiger partial charge in [0.2, 0.25) is 0 Å². The number of nitrogens with one attached hydrogen (secondary N) is 2. The Balaban J connectivity index is 1.76. The maximum atomic E-state index is 12.3. The normalized spacial score (nSPS) is 19.0. The number of hydrazone groups is 1. The molecule has 1 unspecified atom stereocenters. The van der Waals surface area contributed by atoms with Crippen molar-refractivity contribution in [3.63, 3.8) is 0 Å². The number of ether oxygens (including phenoxy) is 2. The lowest BCUT2D eigenvalue weighted by molar-refractivity contribution is -0.274. The SMILES string of the molecule is COC(=O)C1(N)Cc2cc(Cl)ccc2/C1=N/NC(=O)Nc1ccc(OC(F)(F)F)cc1. The van der Waals surface area contributed by atoms with E-state index in [1.54, 1.807) is 18.2 Å². The summed E-state index contributed by atoms with van der Waals surface area (Å²) in [6.07, 6.45) is -4.75. The summed E-state index contributed by atoms with van der Waals surface area (Å²) in [7, 11) is 1.18. The van der Waals surface area contributed by atoms with Crippen LogP contribution in [0.3, 0.4) is 0 Å². The first kappa shape index (κ1) is 22.4. The molecule has 1 aliphatic rings. The molecule has 0 fully saturated rings. The van der Waals surface area contributed by atoms with Crippen molar-refractivity contribution in [3.05, 3.63) is 58.6 Å². The summed E-state index contributed by atoms with van der Waals surface area (Å²) in [5.74, 6) is -1.19. The molecule has 31 heavy (non-hydrogen) atoms. The number of hydrogen-bond donors (Lipinski definition) is 3. The van der Waals surface area contributed by atoms with Gasteiger partial charge in [-0.25, -0.2) is 15.0 Å². The van der Waals surface area contributed by atoms with Crippen LogP contribution in [0.5, 0.6) is 5.75 Å². The van der Waals surface area contributed by atoms with Crippen LogP contribution in [0.15, 0.2) is 47.6 Å². The average molecular weight is 457 g/mol. The zero-order valence-corrected chi connectivity index (χ0v) is 16.7. The molecule has 1 atom stereocenters. The van der Waals surface area contributed by atoms with Crippen LogP contribution >= 0.6 is 11.6 Å². The van der Waals surface area contributed by atoms with Crippen LogP contribution < -0.4 is 21.2 Å². The van der Waals surface area contributed by atoms with Crippen LogP contribution in [0.1, 0.15) is 11.1 Å². The van der Waals surface area contributed by atoms with E-state index < -0.39 is 29.7 Å². The van der Waals surface area contributed by atoms with Crippen molar-refractivity contribution >= 4 is 35.0 Å². The Hall–Kier alpha value is -3.31. The molecule has 1 aliphatic carbocycles. The third-order valence-corrected chi connectivity index (χ3v) is 4.61. The highest BCUT2D eigenvalue weighted by Crippen LogP contribution is 2.32. The van der Waals surface area contributed by atoms with Gasteiger partial charge in [-0.2, -0.15) is 5.10 Å². The summed E-state index contributed by atoms with van der Waals surface area (Å²) in [5, 5.41) is 6.82. The minimum atomic E-state index is -4.82. The van der Waals surface area contributed by atoms with Crippen LogP contribution in [-0.2, 0) is 16.0 Å². The molecule has 2 amide bonds. The number of amides is 2. The van der Waals surface area contributed by atoms with E-state index in [-0.39, 0.29) is 17.8 Å². The van der Waals surface area contributed by atoms with Gasteiger partial charge in [-0.1, -0.05) is 17.7 Å². The second-order valence-electron chi connectivity index (χ2n) is 6.54. The van der Waals surface area contributed by atoms with Crippen LogP contribution in [0.4, 0.5) is 23.7 Å². The zero-order valence-electron chi connectivity index (χ0n) is 15.9. The van der Waals surface area contributed by atoms with E-state index in [4.69, 9.17) is 22.1 Å². The number of urea groups is 1. The number of halogens is 4. The van der Waals surface area contributed by atoms with Crippen LogP contribution in [0, 0.1) is 0 Å². The molecule has 0 bridgehead atoms. The summed E-state index contributed by atoms with van der Waals surface area (Å²) < 4.78 is 45.2. The number of carbonyl (C=O) groups is 2. The molecule has 0 aromatic heterocycles. The van der Waals surface area contributed by atoms with Crippen molar-refractivity contribution in [2.24, 2.45) is 10.8 Å². The number of alkyl halides is 3. The number of nitrogens with two attached hydrogens (primary N) is 1. The molecule has 3 rings (SSSR count). The van der Waals surface area contributed by atoms with Crippen molar-refractivity contribution in [2.75, 3.05) is 12.4 Å². The fourth-order valence-corrected chi connectivity index (χ4v) is 3.28. The molecule has 0 spiro atoms. The Labute approximate surface area is 179 Å². The Morgan fingerprint density at radius 2 is 1.87 bits per heavy atom. The van der Waals surface area contributed by atoms with E-state index in [1.165, 1.54) is 19.2 Å². The Morgan fingerprint density at radius 1 is 1.19 bits per heavy atom. The summed E-state index contributed by atoms with van der Waals surface area (Å²) in [5.41, 5.74) is 8.26. The molecular formula is C19H16ClF3N4O4. The molecule has 0 heterocycles. The molecule has 0 radical (unpaired) electrons. The fraction of sp³-hybridized carbons (Fsp3) is 0.211. The predicted molar refractivity (Wildman–Crippen MR) is 106 cm³/mol. The summed E-state index contributed by atoms with van der Waals surface area (Å²) >= 11 is 5.99. The van der Waals surface area contributed by atoms with Gasteiger partial charge in [0.25, 0.3) is 0 Å². The number of benzene rings is 2. The lowest BCUT2D eigenvalue weighted by atomic mass is 9.95. The van der Waals surface area contributed by atoms with Gasteiger partial charge in [0, 0.05) is 22.7 Å². The van der Waals surface area contributed by atoms with Crippen molar-refractivity contribution in [3.8, 4) is 5.75 Å². The standard InChI is InChI=1S/C19H16ClF3N4O4/c1-30-16(28)18(24)9-10-8-11(20)2-7-14(10)15(18)26-27-17(29)25-12-3-5-13(6-4-12)31-19(21,22)23/h2-8H,9,24H2,1H3,(H2,25,27,29)/b26-15-. The molecule has 12 heteroatoms. The Bertz CT molecular complexity index is 1040. The van der Waals surface area contributed by atoms with Gasteiger partial charge < -0.3 is 20.5 Å². The Morgan fingerprint density at radius 3 is 2.48 bits per heavy atom. The van der Waals surface area contributed by atoms with Gasteiger partial charge in [-0.3, -0.25) is 0 Å². The van der Waals surface area contributed by atoms with E-state index in [9.17, 15) is 22.8 Å². The number of esters is 1. The van der Waals surface area contributed by atoms with Gasteiger partial charge >= 0.3 is 18.4 Å². The first-order chi connectivity index (χ1) is 14.5. The third-order valence-electron chi connectivity index (χ3n) is 4.38. The molecule has 0 aliphatic heterocycles. The van der Waals surface area contributed by atoms with Crippen molar-refractivity contribution in [1.82, 2.24) is 5.43 Å². The number of methoxy groups -OCH3 is 1. The Kier molecular flexibility index (Phi) is 6.09. The molecule has 8 nitrogen and oxygen atoms in total. The van der Waals surface area contributed by atoms with Crippen molar-refractivity contribution < 1.29 is 32.2 Å². The van der Waals surface area contributed by atoms with E-state index in [1.807, 2.05) is 0 Å². The van der Waals surface area contributed by atoms with Gasteiger partial charge in [0.1, 0.15) is 11.5 Å². The van der Waals surface area contributed by atoms with Gasteiger partial charge in [0.15, 0.2) is 5.54 Å². The molecule has 4 N–H and O–H groups in total. The lowest BCUT2D eigenvalue weighted by Crippen LogP contribution is -2.55. The quantitative estimate of drug-likeness (QED) is 0.483. The first-order valence-electron chi connectivity index (χ1n) is 8.69. The van der Waals surface area contributed by atoms with Gasteiger partial charge in [-0.05, 0) is 42.0 Å². The second kappa shape index (κ2) is 8.44. The van der Waals surface area contributed by atoms with Gasteiger partial charge in [-0.15, -0.1) is 13.2 Å². The van der Waals surface area contributed by atoms with Crippen LogP contribution in [0.25, 0.3) is 0 Å². The first-order valence-corrected chi connectivity index (χ1v) is 9.07. The summed E-state index contributed by atoms with van der Waals surface area (Å²) in [6, 6.07) is 8.52. The number of fused-ring (bicyclic) bond motifs is 1. The van der Waals surface area contributed by atoms with Crippen LogP contribution in [0.2, 0.25) is 5.02 Å². The maximum absolute atomic E-state index is 12.3. The van der Waals surface area contributed by atoms with Crippen molar-refractivity contribution in [1.29, 1.82) is 0 Å². The molecule has 2 aromatic carbocycles. The molecular weight excluding hydrogens is 441 g/mol. The molecule has 2 aromatic rings. The molecule has 164 valence electrons. The van der Waals surface area contributed by atoms with E-state index >= 15 is 0 Å². The second-order valence-corrected chi connectivity index (χ2v) is 6.98. The number of rotatable bonds is 4. The van der Waals surface area contributed by atoms with E-state index in [0.717, 1.165) is 12.1 Å².